The van der Waals surface area contributed by atoms with Crippen molar-refractivity contribution in [3.8, 4) is 5.75 Å². The molecule has 0 radical (unpaired) electrons. The molecule has 0 spiro atoms. The molecule has 0 saturated carbocycles. The predicted octanol–water partition coefficient (Wildman–Crippen LogP) is 3.15. The average molecular weight is 238 g/mol. The van der Waals surface area contributed by atoms with Crippen LogP contribution in [0.4, 0.5) is 0 Å². The normalized spacial score (nSPS) is 11.2. The van der Waals surface area contributed by atoms with E-state index in [1.165, 1.54) is 0 Å². The minimum Gasteiger partial charge on any atom is -0.497 e. The number of nitrogens with zero attached hydrogens (tertiary/aromatic N) is 2. The van der Waals surface area contributed by atoms with Crippen LogP contribution < -0.4 is 4.74 Å². The highest BCUT2D eigenvalue weighted by Crippen LogP contribution is 2.10. The summed E-state index contributed by atoms with van der Waals surface area (Å²) in [6.07, 6.45) is 3.42. The molecule has 0 heterocycles. The van der Waals surface area contributed by atoms with E-state index in [4.69, 9.17) is 4.74 Å². The van der Waals surface area contributed by atoms with Crippen LogP contribution in [0.1, 0.15) is 11.1 Å². The molecule has 2 rings (SSSR count). The van der Waals surface area contributed by atoms with E-state index in [1.54, 1.807) is 19.5 Å². The fourth-order valence-electron chi connectivity index (χ4n) is 1.46. The van der Waals surface area contributed by atoms with Gasteiger partial charge < -0.3 is 4.74 Å². The van der Waals surface area contributed by atoms with E-state index in [0.717, 1.165) is 16.9 Å². The second kappa shape index (κ2) is 6.35. The van der Waals surface area contributed by atoms with Gasteiger partial charge in [0.25, 0.3) is 0 Å². The Labute approximate surface area is 106 Å². The first kappa shape index (κ1) is 12.0. The summed E-state index contributed by atoms with van der Waals surface area (Å²) in [6, 6.07) is 17.5. The van der Waals surface area contributed by atoms with Crippen molar-refractivity contribution in [1.82, 2.24) is 0 Å². The molecule has 90 valence electrons. The predicted molar refractivity (Wildman–Crippen MR) is 74.6 cm³/mol. The molecule has 0 saturated heterocycles. The highest BCUT2D eigenvalue weighted by atomic mass is 16.5. The molecule has 3 heteroatoms. The van der Waals surface area contributed by atoms with Gasteiger partial charge in [0.1, 0.15) is 5.75 Å². The Morgan fingerprint density at radius 1 is 0.833 bits per heavy atom. The average Bonchev–Trinajstić information content (AvgIpc) is 2.45. The van der Waals surface area contributed by atoms with Gasteiger partial charge in [-0.2, -0.15) is 10.2 Å². The first-order valence-corrected chi connectivity index (χ1v) is 5.64. The Kier molecular flexibility index (Phi) is 4.25. The first-order chi connectivity index (χ1) is 8.88. The lowest BCUT2D eigenvalue weighted by molar-refractivity contribution is 0.415. The molecule has 0 fully saturated rings. The zero-order valence-corrected chi connectivity index (χ0v) is 10.2. The van der Waals surface area contributed by atoms with Crippen LogP contribution in [0.2, 0.25) is 0 Å². The van der Waals surface area contributed by atoms with E-state index in [1.807, 2.05) is 54.6 Å². The Morgan fingerprint density at radius 2 is 1.50 bits per heavy atom. The highest BCUT2D eigenvalue weighted by molar-refractivity contribution is 5.82. The van der Waals surface area contributed by atoms with Crippen LogP contribution in [-0.4, -0.2) is 19.5 Å². The molecule has 0 amide bonds. The SMILES string of the molecule is COc1cccc(/C=N\N=C/c2ccccc2)c1. The fraction of sp³-hybridized carbons (Fsp3) is 0.0667. The van der Waals surface area contributed by atoms with Crippen LogP contribution >= 0.6 is 0 Å². The van der Waals surface area contributed by atoms with Gasteiger partial charge in [0.15, 0.2) is 0 Å². The van der Waals surface area contributed by atoms with Gasteiger partial charge in [0.05, 0.1) is 19.5 Å². The van der Waals surface area contributed by atoms with Crippen molar-refractivity contribution in [2.45, 2.75) is 0 Å². The third-order valence-electron chi connectivity index (χ3n) is 2.37. The third-order valence-corrected chi connectivity index (χ3v) is 2.37. The van der Waals surface area contributed by atoms with E-state index in [2.05, 4.69) is 10.2 Å². The van der Waals surface area contributed by atoms with Gasteiger partial charge >= 0.3 is 0 Å². The Hall–Kier alpha value is -2.42. The zero-order chi connectivity index (χ0) is 12.6. The molecule has 3 nitrogen and oxygen atoms in total. The first-order valence-electron chi connectivity index (χ1n) is 5.64. The summed E-state index contributed by atoms with van der Waals surface area (Å²) in [5.41, 5.74) is 1.99. The molecule has 0 atom stereocenters. The molecule has 0 N–H and O–H groups in total. The molecule has 0 aromatic heterocycles. The number of hydrogen-bond acceptors (Lipinski definition) is 3. The van der Waals surface area contributed by atoms with E-state index in [0.29, 0.717) is 0 Å². The van der Waals surface area contributed by atoms with Crippen molar-refractivity contribution >= 4 is 12.4 Å². The summed E-state index contributed by atoms with van der Waals surface area (Å²) in [6.45, 7) is 0. The molecule has 0 bridgehead atoms. The van der Waals surface area contributed by atoms with Gasteiger partial charge in [0, 0.05) is 0 Å². The summed E-state index contributed by atoms with van der Waals surface area (Å²) in [5, 5.41) is 8.00. The zero-order valence-electron chi connectivity index (χ0n) is 10.2. The molecule has 0 aliphatic rings. The fourth-order valence-corrected chi connectivity index (χ4v) is 1.46. The minimum atomic E-state index is 0.811. The lowest BCUT2D eigenvalue weighted by Crippen LogP contribution is -1.85. The highest BCUT2D eigenvalue weighted by Gasteiger charge is 1.91. The minimum absolute atomic E-state index is 0.811. The summed E-state index contributed by atoms with van der Waals surface area (Å²) in [7, 11) is 1.64. The van der Waals surface area contributed by atoms with Gasteiger partial charge in [-0.05, 0) is 23.3 Å². The van der Waals surface area contributed by atoms with Gasteiger partial charge in [-0.3, -0.25) is 0 Å². The van der Waals surface area contributed by atoms with Crippen LogP contribution in [0, 0.1) is 0 Å². The largest absolute Gasteiger partial charge is 0.497 e. The molecule has 18 heavy (non-hydrogen) atoms. The molecule has 0 unspecified atom stereocenters. The summed E-state index contributed by atoms with van der Waals surface area (Å²) >= 11 is 0. The van der Waals surface area contributed by atoms with Crippen LogP contribution in [0.5, 0.6) is 5.75 Å². The van der Waals surface area contributed by atoms with Gasteiger partial charge in [-0.1, -0.05) is 42.5 Å². The lowest BCUT2D eigenvalue weighted by atomic mass is 10.2. The molecule has 2 aromatic rings. The maximum atomic E-state index is 5.13. The van der Waals surface area contributed by atoms with E-state index < -0.39 is 0 Å². The van der Waals surface area contributed by atoms with Crippen LogP contribution in [0.3, 0.4) is 0 Å². The quantitative estimate of drug-likeness (QED) is 0.595. The number of methoxy groups -OCH3 is 1. The van der Waals surface area contributed by atoms with Crippen LogP contribution in [0.15, 0.2) is 64.8 Å². The van der Waals surface area contributed by atoms with E-state index in [-0.39, 0.29) is 0 Å². The smallest absolute Gasteiger partial charge is 0.119 e. The Morgan fingerprint density at radius 3 is 2.22 bits per heavy atom. The Balaban J connectivity index is 2.01. The molecule has 0 aliphatic heterocycles. The number of benzene rings is 2. The van der Waals surface area contributed by atoms with Gasteiger partial charge in [-0.15, -0.1) is 0 Å². The van der Waals surface area contributed by atoms with Crippen molar-refractivity contribution in [1.29, 1.82) is 0 Å². The standard InChI is InChI=1S/C15H14N2O/c1-18-15-9-5-8-14(10-15)12-17-16-11-13-6-3-2-4-7-13/h2-12H,1H3/b16-11-,17-12-. The van der Waals surface area contributed by atoms with Gasteiger partial charge in [-0.25, -0.2) is 0 Å². The van der Waals surface area contributed by atoms with Crippen molar-refractivity contribution in [2.75, 3.05) is 7.11 Å². The second-order valence-electron chi connectivity index (χ2n) is 3.68. The van der Waals surface area contributed by atoms with E-state index >= 15 is 0 Å². The van der Waals surface area contributed by atoms with Crippen molar-refractivity contribution in [3.63, 3.8) is 0 Å². The molecule has 2 aromatic carbocycles. The Bertz CT molecular complexity index is 547. The van der Waals surface area contributed by atoms with Crippen LogP contribution in [0.25, 0.3) is 0 Å². The second-order valence-corrected chi connectivity index (χ2v) is 3.68. The number of rotatable bonds is 4. The van der Waals surface area contributed by atoms with E-state index in [9.17, 15) is 0 Å². The maximum absolute atomic E-state index is 5.13. The molecule has 0 aliphatic carbocycles. The topological polar surface area (TPSA) is 34.0 Å². The third kappa shape index (κ3) is 3.56. The number of ether oxygens (including phenoxy) is 1. The summed E-state index contributed by atoms with van der Waals surface area (Å²) < 4.78 is 5.13. The van der Waals surface area contributed by atoms with Crippen molar-refractivity contribution in [3.05, 3.63) is 65.7 Å². The lowest BCUT2D eigenvalue weighted by Gasteiger charge is -1.98. The maximum Gasteiger partial charge on any atom is 0.119 e. The summed E-state index contributed by atoms with van der Waals surface area (Å²) in [5.74, 6) is 0.811. The summed E-state index contributed by atoms with van der Waals surface area (Å²) in [4.78, 5) is 0. The van der Waals surface area contributed by atoms with Crippen LogP contribution in [-0.2, 0) is 0 Å². The number of hydrogen-bond donors (Lipinski definition) is 0. The van der Waals surface area contributed by atoms with Crippen molar-refractivity contribution < 1.29 is 4.74 Å². The molecular formula is C15H14N2O. The molecular weight excluding hydrogens is 224 g/mol. The van der Waals surface area contributed by atoms with Crippen molar-refractivity contribution in [2.24, 2.45) is 10.2 Å². The van der Waals surface area contributed by atoms with Gasteiger partial charge in [0.2, 0.25) is 0 Å². The monoisotopic (exact) mass is 238 g/mol.